The molecule has 20 heavy (non-hydrogen) atoms. The maximum Gasteiger partial charge on any atom is 0.339 e. The average Bonchev–Trinajstić information content (AvgIpc) is 2.63. The predicted molar refractivity (Wildman–Crippen MR) is 75.9 cm³/mol. The molecule has 0 fully saturated rings. The van der Waals surface area contributed by atoms with Crippen LogP contribution in [-0.2, 0) is 4.79 Å². The van der Waals surface area contributed by atoms with Gasteiger partial charge in [-0.2, -0.15) is 5.10 Å². The number of hydrogen-bond donors (Lipinski definition) is 2. The number of aromatic carboxylic acids is 1. The van der Waals surface area contributed by atoms with Crippen LogP contribution in [0.2, 0.25) is 0 Å². The number of aromatic nitrogens is 2. The SMILES string of the molecule is CCC(C)(C)NC(=O)C(C)n1nc(C)c(C(=O)O)c1C. The van der Waals surface area contributed by atoms with E-state index in [1.807, 2.05) is 20.8 Å². The summed E-state index contributed by atoms with van der Waals surface area (Å²) in [5.74, 6) is -1.19. The molecule has 1 rings (SSSR count). The van der Waals surface area contributed by atoms with E-state index < -0.39 is 12.0 Å². The van der Waals surface area contributed by atoms with Gasteiger partial charge in [-0.25, -0.2) is 4.79 Å². The largest absolute Gasteiger partial charge is 0.478 e. The van der Waals surface area contributed by atoms with Crippen molar-refractivity contribution in [1.29, 1.82) is 0 Å². The lowest BCUT2D eigenvalue weighted by atomic mass is 10.0. The van der Waals surface area contributed by atoms with Gasteiger partial charge in [-0.1, -0.05) is 6.92 Å². The highest BCUT2D eigenvalue weighted by Crippen LogP contribution is 2.18. The molecule has 1 aromatic heterocycles. The van der Waals surface area contributed by atoms with E-state index >= 15 is 0 Å². The molecule has 0 saturated carbocycles. The summed E-state index contributed by atoms with van der Waals surface area (Å²) in [5.41, 5.74) is 0.785. The second kappa shape index (κ2) is 5.64. The summed E-state index contributed by atoms with van der Waals surface area (Å²) in [6.45, 7) is 10.9. The summed E-state index contributed by atoms with van der Waals surface area (Å²) in [7, 11) is 0. The van der Waals surface area contributed by atoms with Crippen molar-refractivity contribution in [1.82, 2.24) is 15.1 Å². The van der Waals surface area contributed by atoms with Crippen molar-refractivity contribution in [3.05, 3.63) is 17.0 Å². The van der Waals surface area contributed by atoms with Crippen LogP contribution in [0, 0.1) is 13.8 Å². The molecule has 6 heteroatoms. The van der Waals surface area contributed by atoms with Gasteiger partial charge in [0.05, 0.1) is 11.4 Å². The second-order valence-corrected chi connectivity index (χ2v) is 5.70. The summed E-state index contributed by atoms with van der Waals surface area (Å²) < 4.78 is 1.47. The molecule has 0 saturated heterocycles. The van der Waals surface area contributed by atoms with Crippen LogP contribution >= 0.6 is 0 Å². The smallest absolute Gasteiger partial charge is 0.339 e. The molecule has 0 bridgehead atoms. The highest BCUT2D eigenvalue weighted by Gasteiger charge is 2.27. The van der Waals surface area contributed by atoms with E-state index in [1.54, 1.807) is 20.8 Å². The minimum Gasteiger partial charge on any atom is -0.478 e. The molecule has 1 aromatic rings. The Morgan fingerprint density at radius 2 is 1.95 bits per heavy atom. The number of carboxylic acids is 1. The minimum absolute atomic E-state index is 0.166. The molecule has 0 aliphatic heterocycles. The van der Waals surface area contributed by atoms with E-state index in [-0.39, 0.29) is 17.0 Å². The first-order chi connectivity index (χ1) is 9.10. The van der Waals surface area contributed by atoms with Gasteiger partial charge in [0.2, 0.25) is 5.91 Å². The maximum absolute atomic E-state index is 12.2. The van der Waals surface area contributed by atoms with Gasteiger partial charge >= 0.3 is 5.97 Å². The zero-order chi connectivity index (χ0) is 15.7. The summed E-state index contributed by atoms with van der Waals surface area (Å²) in [5, 5.41) is 16.3. The molecule has 1 unspecified atom stereocenters. The first kappa shape index (κ1) is 16.2. The Labute approximate surface area is 119 Å². The zero-order valence-electron chi connectivity index (χ0n) is 12.9. The monoisotopic (exact) mass is 281 g/mol. The van der Waals surface area contributed by atoms with Crippen LogP contribution in [0.4, 0.5) is 0 Å². The van der Waals surface area contributed by atoms with E-state index in [0.29, 0.717) is 11.4 Å². The zero-order valence-corrected chi connectivity index (χ0v) is 12.9. The normalized spacial score (nSPS) is 13.1. The first-order valence-electron chi connectivity index (χ1n) is 6.71. The highest BCUT2D eigenvalue weighted by molar-refractivity contribution is 5.90. The summed E-state index contributed by atoms with van der Waals surface area (Å²) in [4.78, 5) is 23.4. The number of amides is 1. The Bertz CT molecular complexity index is 532. The fourth-order valence-electron chi connectivity index (χ4n) is 1.99. The van der Waals surface area contributed by atoms with Crippen molar-refractivity contribution in [3.63, 3.8) is 0 Å². The van der Waals surface area contributed by atoms with E-state index in [2.05, 4.69) is 10.4 Å². The number of nitrogens with zero attached hydrogens (tertiary/aromatic N) is 2. The Morgan fingerprint density at radius 1 is 1.40 bits per heavy atom. The van der Waals surface area contributed by atoms with Crippen molar-refractivity contribution >= 4 is 11.9 Å². The van der Waals surface area contributed by atoms with E-state index in [1.165, 1.54) is 4.68 Å². The fourth-order valence-corrected chi connectivity index (χ4v) is 1.99. The topological polar surface area (TPSA) is 84.2 Å². The van der Waals surface area contributed by atoms with Crippen molar-refractivity contribution in [2.45, 2.75) is 59.5 Å². The maximum atomic E-state index is 12.2. The highest BCUT2D eigenvalue weighted by atomic mass is 16.4. The number of aryl methyl sites for hydroxylation is 1. The lowest BCUT2D eigenvalue weighted by Crippen LogP contribution is -2.45. The summed E-state index contributed by atoms with van der Waals surface area (Å²) in [6, 6.07) is -0.548. The van der Waals surface area contributed by atoms with Crippen LogP contribution in [0.15, 0.2) is 0 Å². The molecular weight excluding hydrogens is 258 g/mol. The minimum atomic E-state index is -1.02. The molecule has 0 aromatic carbocycles. The molecule has 1 heterocycles. The second-order valence-electron chi connectivity index (χ2n) is 5.70. The van der Waals surface area contributed by atoms with Crippen LogP contribution in [-0.4, -0.2) is 32.3 Å². The van der Waals surface area contributed by atoms with Gasteiger partial charge in [-0.3, -0.25) is 9.48 Å². The Kier molecular flexibility index (Phi) is 4.57. The molecule has 0 aliphatic carbocycles. The quantitative estimate of drug-likeness (QED) is 0.865. The van der Waals surface area contributed by atoms with Gasteiger partial charge in [0, 0.05) is 5.54 Å². The number of rotatable bonds is 5. The van der Waals surface area contributed by atoms with Gasteiger partial charge < -0.3 is 10.4 Å². The third kappa shape index (κ3) is 3.18. The van der Waals surface area contributed by atoms with Crippen molar-refractivity contribution in [2.75, 3.05) is 0 Å². The van der Waals surface area contributed by atoms with Gasteiger partial charge in [0.15, 0.2) is 0 Å². The first-order valence-corrected chi connectivity index (χ1v) is 6.71. The summed E-state index contributed by atoms with van der Waals surface area (Å²) in [6.07, 6.45) is 0.808. The average molecular weight is 281 g/mol. The Hall–Kier alpha value is -1.85. The van der Waals surface area contributed by atoms with Gasteiger partial charge in [-0.05, 0) is 41.0 Å². The Balaban J connectivity index is 3.04. The van der Waals surface area contributed by atoms with Crippen LogP contribution in [0.25, 0.3) is 0 Å². The summed E-state index contributed by atoms with van der Waals surface area (Å²) >= 11 is 0. The molecule has 2 N–H and O–H groups in total. The van der Waals surface area contributed by atoms with Crippen molar-refractivity contribution < 1.29 is 14.7 Å². The number of nitrogens with one attached hydrogen (secondary N) is 1. The van der Waals surface area contributed by atoms with E-state index in [0.717, 1.165) is 6.42 Å². The number of carboxylic acid groups (broad SMARTS) is 1. The standard InChI is InChI=1S/C14H23N3O3/c1-7-14(5,6)15-12(18)10(4)17-9(3)11(13(19)20)8(2)16-17/h10H,7H2,1-6H3,(H,15,18)(H,19,20). The number of hydrogen-bond acceptors (Lipinski definition) is 3. The molecule has 1 amide bonds. The van der Waals surface area contributed by atoms with Crippen molar-refractivity contribution in [3.8, 4) is 0 Å². The van der Waals surface area contributed by atoms with Crippen LogP contribution < -0.4 is 5.32 Å². The van der Waals surface area contributed by atoms with Crippen LogP contribution in [0.5, 0.6) is 0 Å². The molecular formula is C14H23N3O3. The third-order valence-corrected chi connectivity index (χ3v) is 3.63. The lowest BCUT2D eigenvalue weighted by molar-refractivity contribution is -0.125. The molecule has 1 atom stereocenters. The number of carbonyl (C=O) groups excluding carboxylic acids is 1. The predicted octanol–water partition coefficient (Wildman–Crippen LogP) is 2.06. The van der Waals surface area contributed by atoms with Gasteiger partial charge in [0.1, 0.15) is 11.6 Å². The Morgan fingerprint density at radius 3 is 2.35 bits per heavy atom. The fraction of sp³-hybridized carbons (Fsp3) is 0.643. The van der Waals surface area contributed by atoms with Crippen LogP contribution in [0.1, 0.15) is 61.9 Å². The lowest BCUT2D eigenvalue weighted by Gasteiger charge is -2.26. The van der Waals surface area contributed by atoms with Gasteiger partial charge in [0.25, 0.3) is 0 Å². The number of carbonyl (C=O) groups is 2. The van der Waals surface area contributed by atoms with Gasteiger partial charge in [-0.15, -0.1) is 0 Å². The van der Waals surface area contributed by atoms with Crippen molar-refractivity contribution in [2.24, 2.45) is 0 Å². The van der Waals surface area contributed by atoms with E-state index in [9.17, 15) is 9.59 Å². The molecule has 0 aliphatic rings. The molecule has 112 valence electrons. The molecule has 6 nitrogen and oxygen atoms in total. The van der Waals surface area contributed by atoms with E-state index in [4.69, 9.17) is 5.11 Å². The molecule has 0 radical (unpaired) electrons. The third-order valence-electron chi connectivity index (χ3n) is 3.63. The van der Waals surface area contributed by atoms with Crippen LogP contribution in [0.3, 0.4) is 0 Å². The molecule has 0 spiro atoms.